The van der Waals surface area contributed by atoms with Crippen LogP contribution >= 0.6 is 0 Å². The summed E-state index contributed by atoms with van der Waals surface area (Å²) in [6, 6.07) is 6.48. The number of fused-ring (bicyclic) bond motifs is 1. The molecule has 0 spiro atoms. The van der Waals surface area contributed by atoms with Gasteiger partial charge in [0.15, 0.2) is 0 Å². The predicted molar refractivity (Wildman–Crippen MR) is 76.0 cm³/mol. The van der Waals surface area contributed by atoms with E-state index >= 15 is 0 Å². The summed E-state index contributed by atoms with van der Waals surface area (Å²) in [5.74, 6) is 1.08. The average Bonchev–Trinajstić information content (AvgIpc) is 2.60. The molecule has 1 aliphatic carbocycles. The van der Waals surface area contributed by atoms with Crippen LogP contribution in [-0.4, -0.2) is 8.32 Å². The van der Waals surface area contributed by atoms with Gasteiger partial charge in [0, 0.05) is 0 Å². The van der Waals surface area contributed by atoms with Crippen LogP contribution in [0.1, 0.15) is 35.5 Å². The Balaban J connectivity index is 2.35. The molecule has 0 bridgehead atoms. The summed E-state index contributed by atoms with van der Waals surface area (Å²) in [6.07, 6.45) is 4.53. The fraction of sp³-hybridized carbons (Fsp3) is 0.467. The van der Waals surface area contributed by atoms with E-state index in [9.17, 15) is 0 Å². The van der Waals surface area contributed by atoms with Crippen molar-refractivity contribution < 1.29 is 29.1 Å². The van der Waals surface area contributed by atoms with Crippen LogP contribution in [0.25, 0.3) is 6.08 Å². The third-order valence-electron chi connectivity index (χ3n) is 4.06. The Kier molecular flexibility index (Phi) is 3.77. The Morgan fingerprint density at radius 1 is 1.22 bits per heavy atom. The van der Waals surface area contributed by atoms with Gasteiger partial charge in [-0.25, -0.2) is 0 Å². The number of allylic oxidation sites excluding steroid dienone is 1. The standard InChI is InChI=1S/C15H21OSi.Zr/c1-15(2,3)17(4,5)16-14-11-7-9-12-8-6-10-13(12)14;/h6-11H,1-5H3;. The quantitative estimate of drug-likeness (QED) is 0.712. The van der Waals surface area contributed by atoms with E-state index in [1.54, 1.807) is 24.7 Å². The molecule has 0 saturated heterocycles. The van der Waals surface area contributed by atoms with Gasteiger partial charge in [0.05, 0.1) is 0 Å². The fourth-order valence-corrected chi connectivity index (χ4v) is 3.71. The first-order chi connectivity index (χ1) is 8.22. The zero-order valence-corrected chi connectivity index (χ0v) is 15.3. The number of rotatable bonds is 2. The summed E-state index contributed by atoms with van der Waals surface area (Å²) in [7, 11) is -1.74. The molecular weight excluding hydrogens is 315 g/mol. The SMILES string of the molecule is CC(C)(C)[Si](C)(C)Oc1cccc2c1C=C[CH]2[Zr]. The van der Waals surface area contributed by atoms with Crippen molar-refractivity contribution in [2.75, 3.05) is 0 Å². The molecule has 95 valence electrons. The molecular formula is C15H21OSiZr. The maximum atomic E-state index is 6.46. The molecule has 3 heteroatoms. The van der Waals surface area contributed by atoms with Crippen molar-refractivity contribution in [2.45, 2.75) is 42.5 Å². The minimum absolute atomic E-state index is 0.245. The molecule has 1 aromatic rings. The van der Waals surface area contributed by atoms with E-state index in [1.165, 1.54) is 11.1 Å². The van der Waals surface area contributed by atoms with E-state index in [1.807, 2.05) is 0 Å². The second-order valence-electron chi connectivity index (χ2n) is 6.46. The molecule has 1 unspecified atom stereocenters. The number of hydrogen-bond donors (Lipinski definition) is 0. The molecule has 0 radical (unpaired) electrons. The van der Waals surface area contributed by atoms with Crippen LogP contribution in [0.5, 0.6) is 5.75 Å². The van der Waals surface area contributed by atoms with Gasteiger partial charge in [-0.15, -0.1) is 0 Å². The van der Waals surface area contributed by atoms with Crippen LogP contribution in [0.2, 0.25) is 18.1 Å². The van der Waals surface area contributed by atoms with Crippen molar-refractivity contribution >= 4 is 14.4 Å². The van der Waals surface area contributed by atoms with Crippen LogP contribution in [0.4, 0.5) is 0 Å². The molecule has 0 amide bonds. The van der Waals surface area contributed by atoms with Crippen molar-refractivity contribution in [3.05, 3.63) is 35.4 Å². The van der Waals surface area contributed by atoms with Crippen LogP contribution in [0.3, 0.4) is 0 Å². The Bertz CT molecular complexity index is 486. The van der Waals surface area contributed by atoms with Crippen molar-refractivity contribution in [1.82, 2.24) is 0 Å². The molecule has 0 N–H and O–H groups in total. The summed E-state index contributed by atoms with van der Waals surface area (Å²) in [4.78, 5) is 0. The van der Waals surface area contributed by atoms with Crippen molar-refractivity contribution in [2.24, 2.45) is 0 Å². The van der Waals surface area contributed by atoms with Crippen LogP contribution in [0.15, 0.2) is 24.3 Å². The van der Waals surface area contributed by atoms with E-state index < -0.39 is 8.32 Å². The number of hydrogen-bond acceptors (Lipinski definition) is 1. The summed E-state index contributed by atoms with van der Waals surface area (Å²) in [5, 5.41) is 0.245. The van der Waals surface area contributed by atoms with Gasteiger partial charge in [-0.2, -0.15) is 0 Å². The molecule has 0 fully saturated rings. The zero-order chi connectivity index (χ0) is 13.6. The predicted octanol–water partition coefficient (Wildman–Crippen LogP) is 4.69. The van der Waals surface area contributed by atoms with Gasteiger partial charge in [0.25, 0.3) is 0 Å². The Morgan fingerprint density at radius 2 is 1.89 bits per heavy atom. The third-order valence-corrected chi connectivity index (χ3v) is 9.64. The summed E-state index contributed by atoms with van der Waals surface area (Å²) in [5.41, 5.74) is 2.74. The third kappa shape index (κ3) is 2.58. The molecule has 18 heavy (non-hydrogen) atoms. The Hall–Kier alpha value is -0.140. The second-order valence-corrected chi connectivity index (χ2v) is 12.7. The second kappa shape index (κ2) is 4.76. The Morgan fingerprint density at radius 3 is 2.50 bits per heavy atom. The maximum absolute atomic E-state index is 6.46. The molecule has 0 aliphatic heterocycles. The first-order valence-corrected chi connectivity index (χ1v) is 10.8. The minimum atomic E-state index is -1.74. The summed E-state index contributed by atoms with van der Waals surface area (Å²) < 4.78 is 7.06. The average molecular weight is 337 g/mol. The van der Waals surface area contributed by atoms with Gasteiger partial charge in [-0.05, 0) is 0 Å². The van der Waals surface area contributed by atoms with Crippen molar-refractivity contribution in [1.29, 1.82) is 0 Å². The summed E-state index contributed by atoms with van der Waals surface area (Å²) >= 11 is 1.55. The topological polar surface area (TPSA) is 9.23 Å². The van der Waals surface area contributed by atoms with Gasteiger partial charge in [0.2, 0.25) is 0 Å². The van der Waals surface area contributed by atoms with Crippen LogP contribution in [-0.2, 0) is 24.7 Å². The van der Waals surface area contributed by atoms with E-state index in [-0.39, 0.29) is 5.04 Å². The summed E-state index contributed by atoms with van der Waals surface area (Å²) in [6.45, 7) is 11.5. The molecule has 2 rings (SSSR count). The normalized spacial score (nSPS) is 18.8. The molecule has 1 atom stereocenters. The molecule has 0 heterocycles. The van der Waals surface area contributed by atoms with E-state index in [2.05, 4.69) is 64.2 Å². The molecule has 1 aliphatic rings. The van der Waals surface area contributed by atoms with Gasteiger partial charge in [-0.3, -0.25) is 0 Å². The van der Waals surface area contributed by atoms with Crippen molar-refractivity contribution in [3.63, 3.8) is 0 Å². The van der Waals surface area contributed by atoms with E-state index in [0.717, 1.165) is 5.75 Å². The van der Waals surface area contributed by atoms with Gasteiger partial charge >= 0.3 is 127 Å². The van der Waals surface area contributed by atoms with Crippen LogP contribution < -0.4 is 4.43 Å². The van der Waals surface area contributed by atoms with E-state index in [0.29, 0.717) is 3.63 Å². The monoisotopic (exact) mass is 335 g/mol. The molecule has 1 nitrogen and oxygen atoms in total. The molecule has 1 aromatic carbocycles. The van der Waals surface area contributed by atoms with Gasteiger partial charge in [0.1, 0.15) is 0 Å². The number of benzene rings is 1. The fourth-order valence-electron chi connectivity index (χ4n) is 1.82. The molecule has 0 aromatic heterocycles. The van der Waals surface area contributed by atoms with Crippen LogP contribution in [0, 0.1) is 0 Å². The first-order valence-electron chi connectivity index (χ1n) is 6.43. The zero-order valence-electron chi connectivity index (χ0n) is 11.9. The van der Waals surface area contributed by atoms with Gasteiger partial charge in [-0.1, -0.05) is 0 Å². The van der Waals surface area contributed by atoms with Gasteiger partial charge < -0.3 is 0 Å². The van der Waals surface area contributed by atoms with Crippen molar-refractivity contribution in [3.8, 4) is 5.75 Å². The first kappa shape index (κ1) is 14.3. The molecule has 0 saturated carbocycles. The Labute approximate surface area is 127 Å². The van der Waals surface area contributed by atoms with E-state index in [4.69, 9.17) is 4.43 Å².